The molecule has 29 heavy (non-hydrogen) atoms. The van der Waals surface area contributed by atoms with Crippen LogP contribution in [-0.2, 0) is 17.8 Å². The summed E-state index contributed by atoms with van der Waals surface area (Å²) in [7, 11) is 0. The Morgan fingerprint density at radius 2 is 1.55 bits per heavy atom. The van der Waals surface area contributed by atoms with Crippen molar-refractivity contribution in [3.8, 4) is 0 Å². The third-order valence-electron chi connectivity index (χ3n) is 6.16. The predicted molar refractivity (Wildman–Crippen MR) is 118 cm³/mol. The quantitative estimate of drug-likeness (QED) is 0.690. The average molecular weight is 392 g/mol. The smallest absolute Gasteiger partial charge is 0.237 e. The molecule has 2 fully saturated rings. The number of hydrogen-bond donors (Lipinski definition) is 0. The van der Waals surface area contributed by atoms with Gasteiger partial charge in [-0.15, -0.1) is 0 Å². The normalized spacial score (nSPS) is 18.0. The molecule has 1 heterocycles. The van der Waals surface area contributed by atoms with Gasteiger partial charge in [0, 0.05) is 45.3 Å². The van der Waals surface area contributed by atoms with Crippen LogP contribution in [0.4, 0.5) is 0 Å². The highest BCUT2D eigenvalue weighted by molar-refractivity contribution is 5.79. The molecule has 1 aliphatic heterocycles. The summed E-state index contributed by atoms with van der Waals surface area (Å²) < 4.78 is 0. The monoisotopic (exact) mass is 391 g/mol. The van der Waals surface area contributed by atoms with Gasteiger partial charge >= 0.3 is 0 Å². The minimum absolute atomic E-state index is 0.297. The van der Waals surface area contributed by atoms with E-state index in [-0.39, 0.29) is 0 Å². The first kappa shape index (κ1) is 20.1. The predicted octanol–water partition coefficient (Wildman–Crippen LogP) is 3.35. The highest BCUT2D eigenvalue weighted by Gasteiger charge is 2.33. The second kappa shape index (κ2) is 9.55. The maximum atomic E-state index is 13.0. The van der Waals surface area contributed by atoms with Gasteiger partial charge in [0.15, 0.2) is 0 Å². The molecule has 4 heteroatoms. The van der Waals surface area contributed by atoms with E-state index in [9.17, 15) is 4.79 Å². The Morgan fingerprint density at radius 3 is 2.21 bits per heavy atom. The van der Waals surface area contributed by atoms with Gasteiger partial charge in [0.2, 0.25) is 5.91 Å². The first-order chi connectivity index (χ1) is 14.2. The fourth-order valence-corrected chi connectivity index (χ4v) is 4.08. The van der Waals surface area contributed by atoms with Crippen LogP contribution in [0.25, 0.3) is 0 Å². The number of carbonyl (C=O) groups is 1. The van der Waals surface area contributed by atoms with E-state index in [2.05, 4.69) is 76.2 Å². The van der Waals surface area contributed by atoms with Gasteiger partial charge in [-0.2, -0.15) is 0 Å². The Kier molecular flexibility index (Phi) is 6.63. The van der Waals surface area contributed by atoms with Gasteiger partial charge in [-0.3, -0.25) is 9.69 Å². The Hall–Kier alpha value is -2.17. The van der Waals surface area contributed by atoms with Gasteiger partial charge in [0.25, 0.3) is 0 Å². The molecule has 0 atom stereocenters. The van der Waals surface area contributed by atoms with E-state index in [4.69, 9.17) is 0 Å². The van der Waals surface area contributed by atoms with Crippen LogP contribution in [0, 0.1) is 6.92 Å². The number of nitrogens with zero attached hydrogens (tertiary/aromatic N) is 3. The molecular formula is C25H33N3O. The topological polar surface area (TPSA) is 26.8 Å². The van der Waals surface area contributed by atoms with Crippen molar-refractivity contribution in [2.45, 2.75) is 38.8 Å². The molecule has 1 saturated heterocycles. The van der Waals surface area contributed by atoms with Crippen molar-refractivity contribution in [1.29, 1.82) is 0 Å². The van der Waals surface area contributed by atoms with E-state index in [0.717, 1.165) is 58.5 Å². The van der Waals surface area contributed by atoms with E-state index in [1.807, 2.05) is 0 Å². The number of hydrogen-bond acceptors (Lipinski definition) is 3. The molecule has 0 N–H and O–H groups in total. The molecule has 0 unspecified atom stereocenters. The van der Waals surface area contributed by atoms with Crippen LogP contribution in [0.15, 0.2) is 54.6 Å². The van der Waals surface area contributed by atoms with Crippen LogP contribution in [0.2, 0.25) is 0 Å². The van der Waals surface area contributed by atoms with Crippen LogP contribution in [0.3, 0.4) is 0 Å². The van der Waals surface area contributed by atoms with Gasteiger partial charge in [-0.05, 0) is 37.3 Å². The van der Waals surface area contributed by atoms with E-state index in [1.165, 1.54) is 16.7 Å². The molecule has 4 rings (SSSR count). The van der Waals surface area contributed by atoms with Crippen molar-refractivity contribution in [3.05, 3.63) is 71.3 Å². The van der Waals surface area contributed by atoms with Crippen molar-refractivity contribution >= 4 is 5.91 Å². The molecule has 0 spiro atoms. The molecule has 0 bridgehead atoms. The zero-order valence-corrected chi connectivity index (χ0v) is 17.6. The van der Waals surface area contributed by atoms with Crippen molar-refractivity contribution in [2.75, 3.05) is 39.3 Å². The summed E-state index contributed by atoms with van der Waals surface area (Å²) in [6, 6.07) is 19.7. The zero-order valence-electron chi connectivity index (χ0n) is 17.6. The number of benzene rings is 2. The lowest BCUT2D eigenvalue weighted by atomic mass is 10.1. The van der Waals surface area contributed by atoms with Gasteiger partial charge in [0.1, 0.15) is 0 Å². The molecule has 0 aromatic heterocycles. The molecule has 1 aliphatic carbocycles. The highest BCUT2D eigenvalue weighted by Crippen LogP contribution is 2.28. The average Bonchev–Trinajstić information content (AvgIpc) is 3.59. The second-order valence-corrected chi connectivity index (χ2v) is 8.59. The van der Waals surface area contributed by atoms with Crippen LogP contribution in [0.5, 0.6) is 0 Å². The highest BCUT2D eigenvalue weighted by atomic mass is 16.2. The van der Waals surface area contributed by atoms with E-state index < -0.39 is 0 Å². The van der Waals surface area contributed by atoms with Crippen molar-refractivity contribution in [3.63, 3.8) is 0 Å². The van der Waals surface area contributed by atoms with E-state index in [1.54, 1.807) is 0 Å². The van der Waals surface area contributed by atoms with Crippen LogP contribution < -0.4 is 0 Å². The number of rotatable bonds is 8. The second-order valence-electron chi connectivity index (χ2n) is 8.59. The fraction of sp³-hybridized carbons (Fsp3) is 0.480. The summed E-state index contributed by atoms with van der Waals surface area (Å²) in [6.07, 6.45) is 3.42. The van der Waals surface area contributed by atoms with Crippen LogP contribution in [-0.4, -0.2) is 65.9 Å². The molecule has 4 nitrogen and oxygen atoms in total. The lowest BCUT2D eigenvalue weighted by molar-refractivity contribution is -0.134. The molecule has 2 aromatic carbocycles. The SMILES string of the molecule is Cc1ccc(CN(C(=O)CN2CCN(CCc3ccccc3)CC2)C2CC2)cc1. The Bertz CT molecular complexity index is 777. The molecule has 0 radical (unpaired) electrons. The molecule has 1 saturated carbocycles. The molecular weight excluding hydrogens is 358 g/mol. The number of amides is 1. The Balaban J connectivity index is 1.23. The summed E-state index contributed by atoms with van der Waals surface area (Å²) in [5, 5.41) is 0. The number of piperazine rings is 1. The maximum absolute atomic E-state index is 13.0. The standard InChI is InChI=1S/C25H33N3O/c1-21-7-9-23(10-8-21)19-28(24-11-12-24)25(29)20-27-17-15-26(16-18-27)14-13-22-5-3-2-4-6-22/h2-10,24H,11-20H2,1H3. The lowest BCUT2D eigenvalue weighted by Gasteiger charge is -2.35. The summed E-state index contributed by atoms with van der Waals surface area (Å²) in [5.41, 5.74) is 3.91. The van der Waals surface area contributed by atoms with Gasteiger partial charge in [0.05, 0.1) is 6.54 Å². The molecule has 154 valence electrons. The molecule has 2 aliphatic rings. The van der Waals surface area contributed by atoms with Gasteiger partial charge in [-0.25, -0.2) is 0 Å². The van der Waals surface area contributed by atoms with Gasteiger partial charge in [-0.1, -0.05) is 60.2 Å². The minimum atomic E-state index is 0.297. The lowest BCUT2D eigenvalue weighted by Crippen LogP contribution is -2.50. The summed E-state index contributed by atoms with van der Waals surface area (Å²) in [5.74, 6) is 0.297. The van der Waals surface area contributed by atoms with E-state index in [0.29, 0.717) is 18.5 Å². The third-order valence-corrected chi connectivity index (χ3v) is 6.16. The Morgan fingerprint density at radius 1 is 0.897 bits per heavy atom. The van der Waals surface area contributed by atoms with E-state index >= 15 is 0 Å². The van der Waals surface area contributed by atoms with Crippen LogP contribution >= 0.6 is 0 Å². The van der Waals surface area contributed by atoms with Crippen molar-refractivity contribution in [2.24, 2.45) is 0 Å². The first-order valence-corrected chi connectivity index (χ1v) is 11.0. The zero-order chi connectivity index (χ0) is 20.1. The Labute approximate surface area is 175 Å². The molecule has 2 aromatic rings. The largest absolute Gasteiger partial charge is 0.334 e. The molecule has 1 amide bonds. The number of aryl methyl sites for hydroxylation is 1. The summed E-state index contributed by atoms with van der Waals surface area (Å²) in [6.45, 7) is 8.62. The third kappa shape index (κ3) is 5.91. The van der Waals surface area contributed by atoms with Crippen molar-refractivity contribution in [1.82, 2.24) is 14.7 Å². The summed E-state index contributed by atoms with van der Waals surface area (Å²) in [4.78, 5) is 20.0. The number of carbonyl (C=O) groups excluding carboxylic acids is 1. The van der Waals surface area contributed by atoms with Crippen molar-refractivity contribution < 1.29 is 4.79 Å². The summed E-state index contributed by atoms with van der Waals surface area (Å²) >= 11 is 0. The van der Waals surface area contributed by atoms with Gasteiger partial charge < -0.3 is 9.80 Å². The first-order valence-electron chi connectivity index (χ1n) is 11.0. The minimum Gasteiger partial charge on any atom is -0.334 e. The van der Waals surface area contributed by atoms with Crippen LogP contribution in [0.1, 0.15) is 29.5 Å². The fourth-order valence-electron chi connectivity index (χ4n) is 4.08. The maximum Gasteiger partial charge on any atom is 0.237 e.